The number of aromatic amines is 1. The predicted octanol–water partition coefficient (Wildman–Crippen LogP) is 1.58. The first-order chi connectivity index (χ1) is 9.78. The number of aromatic nitrogens is 2. The number of nitrogens with zero attached hydrogens (tertiary/aromatic N) is 1. The third kappa shape index (κ3) is 2.57. The van der Waals surface area contributed by atoms with Crippen LogP contribution in [0.4, 0.5) is 0 Å². The summed E-state index contributed by atoms with van der Waals surface area (Å²) in [5.74, 6) is 0.915. The molecule has 0 amide bonds. The minimum atomic E-state index is -0.138. The molecule has 1 aromatic heterocycles. The highest BCUT2D eigenvalue weighted by molar-refractivity contribution is 7.99. The maximum absolute atomic E-state index is 11.3. The van der Waals surface area contributed by atoms with Crippen molar-refractivity contribution >= 4 is 11.8 Å². The molecule has 5 nitrogen and oxygen atoms in total. The molecule has 0 saturated carbocycles. The van der Waals surface area contributed by atoms with Gasteiger partial charge in [-0.1, -0.05) is 30.0 Å². The number of benzene rings is 1. The molecule has 1 aliphatic rings. The molecule has 2 aromatic rings. The Labute approximate surface area is 120 Å². The minimum absolute atomic E-state index is 0.138. The van der Waals surface area contributed by atoms with Crippen molar-refractivity contribution in [3.05, 3.63) is 52.4 Å². The van der Waals surface area contributed by atoms with Gasteiger partial charge in [0.1, 0.15) is 12.4 Å². The van der Waals surface area contributed by atoms with Gasteiger partial charge >= 0.3 is 0 Å². The molecule has 2 atom stereocenters. The number of nitrogens with one attached hydrogen (secondary N) is 2. The molecular weight excluding hydrogens is 274 g/mol. The highest BCUT2D eigenvalue weighted by Crippen LogP contribution is 2.38. The lowest BCUT2D eigenvalue weighted by Crippen LogP contribution is -2.36. The first kappa shape index (κ1) is 13.2. The quantitative estimate of drug-likeness (QED) is 0.840. The summed E-state index contributed by atoms with van der Waals surface area (Å²) in [6.45, 7) is 0.575. The van der Waals surface area contributed by atoms with E-state index in [0.717, 1.165) is 11.3 Å². The SMILES string of the molecule is CNC1c2ccccc2OCC1Sc1nccc(=O)[nH]1. The number of para-hydroxylation sites is 1. The van der Waals surface area contributed by atoms with Crippen LogP contribution < -0.4 is 15.6 Å². The largest absolute Gasteiger partial charge is 0.492 e. The fourth-order valence-corrected chi connectivity index (χ4v) is 3.46. The molecule has 0 aliphatic carbocycles. The number of hydrogen-bond donors (Lipinski definition) is 2. The van der Waals surface area contributed by atoms with Crippen LogP contribution in [-0.2, 0) is 0 Å². The molecule has 0 bridgehead atoms. The van der Waals surface area contributed by atoms with Crippen LogP contribution >= 0.6 is 11.8 Å². The molecule has 3 rings (SSSR count). The number of ether oxygens (including phenoxy) is 1. The third-order valence-corrected chi connectivity index (χ3v) is 4.39. The van der Waals surface area contributed by atoms with Gasteiger partial charge in [-0.3, -0.25) is 4.79 Å². The summed E-state index contributed by atoms with van der Waals surface area (Å²) >= 11 is 1.52. The second kappa shape index (κ2) is 5.68. The van der Waals surface area contributed by atoms with E-state index in [-0.39, 0.29) is 16.9 Å². The van der Waals surface area contributed by atoms with Crippen molar-refractivity contribution in [3.8, 4) is 5.75 Å². The fraction of sp³-hybridized carbons (Fsp3) is 0.286. The molecule has 6 heteroatoms. The Morgan fingerprint density at radius 2 is 2.25 bits per heavy atom. The molecule has 1 aromatic carbocycles. The smallest absolute Gasteiger partial charge is 0.251 e. The average Bonchev–Trinajstić information content (AvgIpc) is 2.47. The second-order valence-corrected chi connectivity index (χ2v) is 5.74. The highest BCUT2D eigenvalue weighted by Gasteiger charge is 2.30. The van der Waals surface area contributed by atoms with Crippen LogP contribution in [0.25, 0.3) is 0 Å². The Morgan fingerprint density at radius 1 is 1.40 bits per heavy atom. The Balaban J connectivity index is 1.86. The minimum Gasteiger partial charge on any atom is -0.492 e. The van der Waals surface area contributed by atoms with Crippen LogP contribution in [0.3, 0.4) is 0 Å². The second-order valence-electron chi connectivity index (χ2n) is 4.51. The Hall–Kier alpha value is -1.79. The van der Waals surface area contributed by atoms with Gasteiger partial charge < -0.3 is 15.0 Å². The average molecular weight is 289 g/mol. The van der Waals surface area contributed by atoms with Crippen molar-refractivity contribution in [2.24, 2.45) is 0 Å². The normalized spacial score (nSPS) is 21.1. The van der Waals surface area contributed by atoms with Crippen molar-refractivity contribution in [3.63, 3.8) is 0 Å². The molecule has 0 fully saturated rings. The fourth-order valence-electron chi connectivity index (χ4n) is 2.34. The van der Waals surface area contributed by atoms with Gasteiger partial charge in [-0.25, -0.2) is 4.98 Å². The van der Waals surface area contributed by atoms with Gasteiger partial charge in [-0.05, 0) is 13.1 Å². The van der Waals surface area contributed by atoms with E-state index in [1.807, 2.05) is 25.2 Å². The Morgan fingerprint density at radius 3 is 3.05 bits per heavy atom. The summed E-state index contributed by atoms with van der Waals surface area (Å²) in [7, 11) is 1.93. The zero-order valence-corrected chi connectivity index (χ0v) is 11.8. The molecule has 104 valence electrons. The summed E-state index contributed by atoms with van der Waals surface area (Å²) < 4.78 is 5.79. The van der Waals surface area contributed by atoms with Crippen LogP contribution in [0.2, 0.25) is 0 Å². The summed E-state index contributed by atoms with van der Waals surface area (Å²) in [5.41, 5.74) is 0.998. The topological polar surface area (TPSA) is 67.0 Å². The van der Waals surface area contributed by atoms with Gasteiger partial charge in [0.25, 0.3) is 5.56 Å². The van der Waals surface area contributed by atoms with Crippen LogP contribution in [0.1, 0.15) is 11.6 Å². The van der Waals surface area contributed by atoms with E-state index < -0.39 is 0 Å². The van der Waals surface area contributed by atoms with E-state index in [4.69, 9.17) is 4.74 Å². The summed E-state index contributed by atoms with van der Waals surface area (Å²) in [6.07, 6.45) is 1.52. The Kier molecular flexibility index (Phi) is 3.75. The number of thioether (sulfide) groups is 1. The van der Waals surface area contributed by atoms with Gasteiger partial charge in [0, 0.05) is 17.8 Å². The lowest BCUT2D eigenvalue weighted by Gasteiger charge is -2.32. The van der Waals surface area contributed by atoms with Gasteiger partial charge in [-0.15, -0.1) is 0 Å². The molecule has 0 saturated heterocycles. The number of fused-ring (bicyclic) bond motifs is 1. The van der Waals surface area contributed by atoms with Crippen molar-refractivity contribution in [2.75, 3.05) is 13.7 Å². The van der Waals surface area contributed by atoms with Gasteiger partial charge in [0.15, 0.2) is 5.16 Å². The molecule has 2 unspecified atom stereocenters. The molecule has 1 aliphatic heterocycles. The van der Waals surface area contributed by atoms with Gasteiger partial charge in [0.05, 0.1) is 11.3 Å². The van der Waals surface area contributed by atoms with Crippen molar-refractivity contribution in [2.45, 2.75) is 16.4 Å². The number of hydrogen-bond acceptors (Lipinski definition) is 5. The monoisotopic (exact) mass is 289 g/mol. The summed E-state index contributed by atoms with van der Waals surface area (Å²) in [5, 5.41) is 4.09. The standard InChI is InChI=1S/C14H15N3O2S/c1-15-13-9-4-2-3-5-10(9)19-8-11(13)20-14-16-7-6-12(18)17-14/h2-7,11,13,15H,8H2,1H3,(H,16,17,18). The molecule has 0 spiro atoms. The Bertz CT molecular complexity index is 659. The van der Waals surface area contributed by atoms with Crippen molar-refractivity contribution in [1.29, 1.82) is 0 Å². The van der Waals surface area contributed by atoms with E-state index >= 15 is 0 Å². The predicted molar refractivity (Wildman–Crippen MR) is 78.2 cm³/mol. The van der Waals surface area contributed by atoms with E-state index in [0.29, 0.717) is 11.8 Å². The van der Waals surface area contributed by atoms with Crippen LogP contribution in [0.15, 0.2) is 46.5 Å². The summed E-state index contributed by atoms with van der Waals surface area (Å²) in [4.78, 5) is 18.2. The zero-order valence-electron chi connectivity index (χ0n) is 11.0. The van der Waals surface area contributed by atoms with E-state index in [1.54, 1.807) is 0 Å². The number of H-pyrrole nitrogens is 1. The maximum atomic E-state index is 11.3. The molecular formula is C14H15N3O2S. The zero-order chi connectivity index (χ0) is 13.9. The van der Waals surface area contributed by atoms with Crippen molar-refractivity contribution in [1.82, 2.24) is 15.3 Å². The first-order valence-corrected chi connectivity index (χ1v) is 7.27. The first-order valence-electron chi connectivity index (χ1n) is 6.39. The molecule has 0 radical (unpaired) electrons. The highest BCUT2D eigenvalue weighted by atomic mass is 32.2. The van der Waals surface area contributed by atoms with Crippen LogP contribution in [-0.4, -0.2) is 28.9 Å². The molecule has 2 N–H and O–H groups in total. The van der Waals surface area contributed by atoms with E-state index in [2.05, 4.69) is 21.4 Å². The van der Waals surface area contributed by atoms with Crippen LogP contribution in [0, 0.1) is 0 Å². The van der Waals surface area contributed by atoms with E-state index in [9.17, 15) is 4.79 Å². The third-order valence-electron chi connectivity index (χ3n) is 3.25. The van der Waals surface area contributed by atoms with E-state index in [1.165, 1.54) is 24.0 Å². The lowest BCUT2D eigenvalue weighted by molar-refractivity contribution is 0.264. The lowest BCUT2D eigenvalue weighted by atomic mass is 10.0. The molecule has 20 heavy (non-hydrogen) atoms. The van der Waals surface area contributed by atoms with Gasteiger partial charge in [0.2, 0.25) is 0 Å². The van der Waals surface area contributed by atoms with Gasteiger partial charge in [-0.2, -0.15) is 0 Å². The van der Waals surface area contributed by atoms with Crippen molar-refractivity contribution < 1.29 is 4.74 Å². The maximum Gasteiger partial charge on any atom is 0.251 e. The molecule has 2 heterocycles. The van der Waals surface area contributed by atoms with Crippen LogP contribution in [0.5, 0.6) is 5.75 Å². The summed E-state index contributed by atoms with van der Waals surface area (Å²) in [6, 6.07) is 9.58. The number of rotatable bonds is 3.